The second-order valence-electron chi connectivity index (χ2n) is 5.49. The number of hydrogen-bond donors (Lipinski definition) is 1. The summed E-state index contributed by atoms with van der Waals surface area (Å²) < 4.78 is 11.9. The summed E-state index contributed by atoms with van der Waals surface area (Å²) in [5.41, 5.74) is 0.896. The third-order valence-electron chi connectivity index (χ3n) is 3.79. The number of carbonyl (C=O) groups excluding carboxylic acids is 1. The lowest BCUT2D eigenvalue weighted by molar-refractivity contribution is 0.0950. The van der Waals surface area contributed by atoms with Gasteiger partial charge in [-0.3, -0.25) is 19.1 Å². The van der Waals surface area contributed by atoms with E-state index in [9.17, 15) is 9.59 Å². The van der Waals surface area contributed by atoms with E-state index in [0.717, 1.165) is 5.56 Å². The Kier molecular flexibility index (Phi) is 4.90. The molecule has 0 aromatic carbocycles. The van der Waals surface area contributed by atoms with E-state index in [1.54, 1.807) is 32.5 Å². The summed E-state index contributed by atoms with van der Waals surface area (Å²) in [6.45, 7) is 2.65. The molecule has 0 aliphatic rings. The van der Waals surface area contributed by atoms with E-state index in [-0.39, 0.29) is 28.1 Å². The second-order valence-corrected chi connectivity index (χ2v) is 5.49. The Balaban J connectivity index is 1.93. The van der Waals surface area contributed by atoms with Gasteiger partial charge in [0.15, 0.2) is 0 Å². The summed E-state index contributed by atoms with van der Waals surface area (Å²) in [6.07, 6.45) is 4.72. The van der Waals surface area contributed by atoms with E-state index in [1.165, 1.54) is 10.9 Å². The first kappa shape index (κ1) is 16.8. The standard InChI is InChI=1S/C17H18N4O4/c1-11-13(15(22)19-9-12-4-3-5-18-8-12)14-16(25-11)20-10-21(17(14)23)6-7-24-2/h3-5,8,10H,6-7,9H2,1-2H3,(H,19,22). The van der Waals surface area contributed by atoms with Crippen LogP contribution in [0.25, 0.3) is 11.1 Å². The summed E-state index contributed by atoms with van der Waals surface area (Å²) in [7, 11) is 1.55. The smallest absolute Gasteiger partial charge is 0.265 e. The zero-order valence-electron chi connectivity index (χ0n) is 14.0. The van der Waals surface area contributed by atoms with Gasteiger partial charge in [-0.2, -0.15) is 0 Å². The molecule has 8 heteroatoms. The van der Waals surface area contributed by atoms with Crippen LogP contribution in [0.1, 0.15) is 21.7 Å². The third kappa shape index (κ3) is 3.43. The molecule has 25 heavy (non-hydrogen) atoms. The van der Waals surface area contributed by atoms with Crippen molar-refractivity contribution in [2.24, 2.45) is 0 Å². The Morgan fingerprint density at radius 1 is 1.44 bits per heavy atom. The minimum atomic E-state index is -0.386. The Morgan fingerprint density at radius 2 is 2.28 bits per heavy atom. The van der Waals surface area contributed by atoms with E-state index in [0.29, 0.717) is 25.5 Å². The van der Waals surface area contributed by atoms with Gasteiger partial charge >= 0.3 is 0 Å². The topological polar surface area (TPSA) is 99.2 Å². The highest BCUT2D eigenvalue weighted by molar-refractivity contribution is 6.06. The summed E-state index contributed by atoms with van der Waals surface area (Å²) in [5.74, 6) is -0.0312. The van der Waals surface area contributed by atoms with Gasteiger partial charge in [0.05, 0.1) is 18.7 Å². The fourth-order valence-electron chi connectivity index (χ4n) is 2.53. The molecule has 0 saturated carbocycles. The monoisotopic (exact) mass is 342 g/mol. The average molecular weight is 342 g/mol. The molecule has 3 heterocycles. The number of aromatic nitrogens is 3. The molecule has 3 aromatic heterocycles. The molecular formula is C17H18N4O4. The summed E-state index contributed by atoms with van der Waals surface area (Å²) >= 11 is 0. The van der Waals surface area contributed by atoms with Crippen LogP contribution in [0.3, 0.4) is 0 Å². The number of amides is 1. The first-order chi connectivity index (χ1) is 12.1. The number of methoxy groups -OCH3 is 1. The number of ether oxygens (including phenoxy) is 1. The Morgan fingerprint density at radius 3 is 3.00 bits per heavy atom. The lowest BCUT2D eigenvalue weighted by Crippen LogP contribution is -2.27. The predicted octanol–water partition coefficient (Wildman–Crippen LogP) is 1.27. The fourth-order valence-corrected chi connectivity index (χ4v) is 2.53. The normalized spacial score (nSPS) is 11.0. The van der Waals surface area contributed by atoms with Crippen LogP contribution >= 0.6 is 0 Å². The van der Waals surface area contributed by atoms with Crippen molar-refractivity contribution in [1.29, 1.82) is 0 Å². The Bertz CT molecular complexity index is 946. The van der Waals surface area contributed by atoms with Crippen LogP contribution in [0.2, 0.25) is 0 Å². The molecule has 0 saturated heterocycles. The molecule has 0 radical (unpaired) electrons. The van der Waals surface area contributed by atoms with Crippen molar-refractivity contribution >= 4 is 17.0 Å². The second kappa shape index (κ2) is 7.27. The van der Waals surface area contributed by atoms with Gasteiger partial charge in [-0.05, 0) is 18.6 Å². The van der Waals surface area contributed by atoms with Crippen LogP contribution in [0.4, 0.5) is 0 Å². The number of fused-ring (bicyclic) bond motifs is 1. The SMILES string of the molecule is COCCn1cnc2oc(C)c(C(=O)NCc3cccnc3)c2c1=O. The van der Waals surface area contributed by atoms with Gasteiger partial charge in [-0.25, -0.2) is 4.98 Å². The van der Waals surface area contributed by atoms with Crippen LogP contribution in [0.5, 0.6) is 0 Å². The summed E-state index contributed by atoms with van der Waals surface area (Å²) in [4.78, 5) is 33.4. The van der Waals surface area contributed by atoms with E-state index in [4.69, 9.17) is 9.15 Å². The number of hydrogen-bond acceptors (Lipinski definition) is 6. The number of nitrogens with one attached hydrogen (secondary N) is 1. The Hall–Kier alpha value is -3.00. The minimum Gasteiger partial charge on any atom is -0.442 e. The van der Waals surface area contributed by atoms with Crippen molar-refractivity contribution in [3.8, 4) is 0 Å². The zero-order valence-corrected chi connectivity index (χ0v) is 14.0. The predicted molar refractivity (Wildman–Crippen MR) is 90.3 cm³/mol. The van der Waals surface area contributed by atoms with Crippen LogP contribution in [0, 0.1) is 6.92 Å². The molecule has 3 aromatic rings. The first-order valence-corrected chi connectivity index (χ1v) is 7.76. The van der Waals surface area contributed by atoms with E-state index in [1.807, 2.05) is 6.07 Å². The van der Waals surface area contributed by atoms with Crippen LogP contribution in [-0.2, 0) is 17.8 Å². The quantitative estimate of drug-likeness (QED) is 0.724. The fraction of sp³-hybridized carbons (Fsp3) is 0.294. The largest absolute Gasteiger partial charge is 0.442 e. The van der Waals surface area contributed by atoms with Crippen LogP contribution in [0.15, 0.2) is 40.1 Å². The minimum absolute atomic E-state index is 0.155. The lowest BCUT2D eigenvalue weighted by Gasteiger charge is -2.06. The highest BCUT2D eigenvalue weighted by Crippen LogP contribution is 2.20. The number of nitrogens with zero attached hydrogens (tertiary/aromatic N) is 3. The van der Waals surface area contributed by atoms with Crippen molar-refractivity contribution in [2.45, 2.75) is 20.0 Å². The molecule has 0 unspecified atom stereocenters. The number of carbonyl (C=O) groups is 1. The zero-order chi connectivity index (χ0) is 17.8. The summed E-state index contributed by atoms with van der Waals surface area (Å²) in [6, 6.07) is 3.64. The molecule has 1 N–H and O–H groups in total. The number of rotatable bonds is 6. The molecule has 0 atom stereocenters. The van der Waals surface area contributed by atoms with Gasteiger partial charge in [0.1, 0.15) is 17.5 Å². The van der Waals surface area contributed by atoms with Gasteiger partial charge < -0.3 is 14.5 Å². The molecule has 0 spiro atoms. The maximum Gasteiger partial charge on any atom is 0.265 e. The molecule has 0 aliphatic heterocycles. The van der Waals surface area contributed by atoms with Crippen LogP contribution in [-0.4, -0.2) is 34.2 Å². The molecule has 1 amide bonds. The van der Waals surface area contributed by atoms with Crippen molar-refractivity contribution in [3.05, 3.63) is 58.1 Å². The Labute approximate surface area is 143 Å². The maximum atomic E-state index is 12.7. The maximum absolute atomic E-state index is 12.7. The molecule has 0 fully saturated rings. The third-order valence-corrected chi connectivity index (χ3v) is 3.79. The average Bonchev–Trinajstić information content (AvgIpc) is 2.97. The number of pyridine rings is 1. The van der Waals surface area contributed by atoms with Crippen LogP contribution < -0.4 is 10.9 Å². The first-order valence-electron chi connectivity index (χ1n) is 7.76. The molecule has 8 nitrogen and oxygen atoms in total. The highest BCUT2D eigenvalue weighted by Gasteiger charge is 2.22. The van der Waals surface area contributed by atoms with Crippen molar-refractivity contribution in [2.75, 3.05) is 13.7 Å². The van der Waals surface area contributed by atoms with Gasteiger partial charge in [-0.1, -0.05) is 6.07 Å². The number of furan rings is 1. The molecule has 3 rings (SSSR count). The van der Waals surface area contributed by atoms with Gasteiger partial charge in [-0.15, -0.1) is 0 Å². The summed E-state index contributed by atoms with van der Waals surface area (Å²) in [5, 5.41) is 2.96. The van der Waals surface area contributed by atoms with Gasteiger partial charge in [0.25, 0.3) is 11.5 Å². The molecule has 130 valence electrons. The van der Waals surface area contributed by atoms with Gasteiger partial charge in [0, 0.05) is 26.0 Å². The molecular weight excluding hydrogens is 324 g/mol. The van der Waals surface area contributed by atoms with Crippen molar-refractivity contribution in [1.82, 2.24) is 19.9 Å². The molecule has 0 bridgehead atoms. The van der Waals surface area contributed by atoms with Gasteiger partial charge in [0.2, 0.25) is 5.71 Å². The lowest BCUT2D eigenvalue weighted by atomic mass is 10.1. The highest BCUT2D eigenvalue weighted by atomic mass is 16.5. The molecule has 0 aliphatic carbocycles. The van der Waals surface area contributed by atoms with Crippen molar-refractivity contribution < 1.29 is 13.9 Å². The van der Waals surface area contributed by atoms with E-state index < -0.39 is 0 Å². The van der Waals surface area contributed by atoms with Crippen molar-refractivity contribution in [3.63, 3.8) is 0 Å². The van der Waals surface area contributed by atoms with E-state index in [2.05, 4.69) is 15.3 Å². The number of aryl methyl sites for hydroxylation is 1. The van der Waals surface area contributed by atoms with E-state index >= 15 is 0 Å².